The van der Waals surface area contributed by atoms with Gasteiger partial charge in [0, 0.05) is 13.2 Å². The first-order valence-corrected chi connectivity index (χ1v) is 5.73. The Hall–Kier alpha value is -1.60. The molecule has 1 saturated carbocycles. The summed E-state index contributed by atoms with van der Waals surface area (Å²) in [4.78, 5) is 0. The van der Waals surface area contributed by atoms with Gasteiger partial charge >= 0.3 is 0 Å². The highest BCUT2D eigenvalue weighted by Gasteiger charge is 2.41. The first kappa shape index (κ1) is 11.9. The maximum atomic E-state index is 12.9. The summed E-state index contributed by atoms with van der Waals surface area (Å²) in [5.41, 5.74) is 1.17. The van der Waals surface area contributed by atoms with E-state index in [-0.39, 0.29) is 12.0 Å². The van der Waals surface area contributed by atoms with Gasteiger partial charge in [0.05, 0.1) is 11.3 Å². The first-order valence-electron chi connectivity index (χ1n) is 5.73. The predicted octanol–water partition coefficient (Wildman–Crippen LogP) is 2.27. The van der Waals surface area contributed by atoms with Crippen LogP contribution in [0.2, 0.25) is 0 Å². The van der Waals surface area contributed by atoms with Crippen molar-refractivity contribution in [3.8, 4) is 6.07 Å². The van der Waals surface area contributed by atoms with Crippen LogP contribution in [0.4, 0.5) is 10.1 Å². The summed E-state index contributed by atoms with van der Waals surface area (Å²) in [7, 11) is 0. The monoisotopic (exact) mass is 234 g/mol. The number of hydrogen-bond acceptors (Lipinski definition) is 3. The van der Waals surface area contributed by atoms with E-state index in [1.54, 1.807) is 6.07 Å². The molecule has 0 atom stereocenters. The van der Waals surface area contributed by atoms with Crippen molar-refractivity contribution in [2.45, 2.75) is 19.3 Å². The molecule has 4 heteroatoms. The van der Waals surface area contributed by atoms with Gasteiger partial charge in [0.2, 0.25) is 0 Å². The summed E-state index contributed by atoms with van der Waals surface area (Å²) >= 11 is 0. The third kappa shape index (κ3) is 2.75. The minimum Gasteiger partial charge on any atom is -0.396 e. The van der Waals surface area contributed by atoms with Gasteiger partial charge in [-0.2, -0.15) is 5.26 Å². The molecular formula is C13H15FN2O. The summed E-state index contributed by atoms with van der Waals surface area (Å²) < 4.78 is 12.9. The van der Waals surface area contributed by atoms with Crippen molar-refractivity contribution in [3.05, 3.63) is 29.6 Å². The lowest BCUT2D eigenvalue weighted by molar-refractivity contribution is 0.253. The summed E-state index contributed by atoms with van der Waals surface area (Å²) in [5, 5.41) is 21.0. The van der Waals surface area contributed by atoms with Crippen molar-refractivity contribution < 1.29 is 9.50 Å². The maximum Gasteiger partial charge on any atom is 0.124 e. The Morgan fingerprint density at radius 1 is 1.47 bits per heavy atom. The summed E-state index contributed by atoms with van der Waals surface area (Å²) in [6.07, 6.45) is 2.98. The minimum atomic E-state index is -0.399. The number of nitrogens with one attached hydrogen (secondary N) is 1. The van der Waals surface area contributed by atoms with Crippen LogP contribution in [0.1, 0.15) is 24.8 Å². The molecule has 1 fully saturated rings. The largest absolute Gasteiger partial charge is 0.396 e. The molecule has 3 nitrogen and oxygen atoms in total. The zero-order chi connectivity index (χ0) is 12.3. The molecule has 0 radical (unpaired) electrons. The fourth-order valence-corrected chi connectivity index (χ4v) is 1.97. The van der Waals surface area contributed by atoms with Crippen LogP contribution in [-0.4, -0.2) is 18.3 Å². The Balaban J connectivity index is 2.02. The number of rotatable bonds is 5. The van der Waals surface area contributed by atoms with E-state index in [1.807, 2.05) is 6.07 Å². The van der Waals surface area contributed by atoms with Crippen LogP contribution in [0.15, 0.2) is 18.2 Å². The second-order valence-corrected chi connectivity index (χ2v) is 4.63. The fraction of sp³-hybridized carbons (Fsp3) is 0.462. The summed E-state index contributed by atoms with van der Waals surface area (Å²) in [6.45, 7) is 0.921. The molecule has 1 aromatic carbocycles. The van der Waals surface area contributed by atoms with Crippen molar-refractivity contribution in [3.63, 3.8) is 0 Å². The van der Waals surface area contributed by atoms with E-state index < -0.39 is 5.82 Å². The average molecular weight is 234 g/mol. The number of halogens is 1. The molecule has 0 aromatic heterocycles. The van der Waals surface area contributed by atoms with E-state index in [9.17, 15) is 4.39 Å². The molecule has 2 N–H and O–H groups in total. The molecular weight excluding hydrogens is 219 g/mol. The Morgan fingerprint density at radius 2 is 2.24 bits per heavy atom. The van der Waals surface area contributed by atoms with E-state index in [4.69, 9.17) is 10.4 Å². The Bertz CT molecular complexity index is 449. The molecule has 0 amide bonds. The van der Waals surface area contributed by atoms with Gasteiger partial charge < -0.3 is 10.4 Å². The van der Waals surface area contributed by atoms with E-state index in [1.165, 1.54) is 12.1 Å². The lowest BCUT2D eigenvalue weighted by Crippen LogP contribution is -2.17. The summed E-state index contributed by atoms with van der Waals surface area (Å²) in [5.74, 6) is -0.399. The predicted molar refractivity (Wildman–Crippen MR) is 63.0 cm³/mol. The van der Waals surface area contributed by atoms with E-state index in [0.29, 0.717) is 11.3 Å². The second kappa shape index (κ2) is 4.72. The van der Waals surface area contributed by atoms with Gasteiger partial charge in [-0.05, 0) is 42.9 Å². The van der Waals surface area contributed by atoms with Gasteiger partial charge in [-0.3, -0.25) is 0 Å². The van der Waals surface area contributed by atoms with Crippen LogP contribution in [0.5, 0.6) is 0 Å². The van der Waals surface area contributed by atoms with Crippen molar-refractivity contribution in [1.29, 1.82) is 5.26 Å². The lowest BCUT2D eigenvalue weighted by Gasteiger charge is -2.16. The molecule has 0 aliphatic heterocycles. The van der Waals surface area contributed by atoms with Crippen LogP contribution in [0.25, 0.3) is 0 Å². The number of aliphatic hydroxyl groups is 1. The van der Waals surface area contributed by atoms with Crippen molar-refractivity contribution in [1.82, 2.24) is 0 Å². The quantitative estimate of drug-likeness (QED) is 0.821. The van der Waals surface area contributed by atoms with Crippen molar-refractivity contribution in [2.24, 2.45) is 5.41 Å². The smallest absolute Gasteiger partial charge is 0.124 e. The maximum absolute atomic E-state index is 12.9. The normalized spacial score (nSPS) is 16.3. The third-order valence-electron chi connectivity index (χ3n) is 3.36. The zero-order valence-electron chi connectivity index (χ0n) is 9.54. The molecule has 0 heterocycles. The molecule has 2 rings (SSSR count). The minimum absolute atomic E-state index is 0.176. The molecule has 1 aromatic rings. The number of hydrogen-bond donors (Lipinski definition) is 2. The molecule has 0 bridgehead atoms. The van der Waals surface area contributed by atoms with Gasteiger partial charge in [0.15, 0.2) is 0 Å². The SMILES string of the molecule is N#Cc1cc(F)ccc1NCC1(CCO)CC1. The number of nitrogens with zero attached hydrogens (tertiary/aromatic N) is 1. The van der Waals surface area contributed by atoms with Crippen LogP contribution >= 0.6 is 0 Å². The van der Waals surface area contributed by atoms with E-state index in [2.05, 4.69) is 5.32 Å². The molecule has 0 spiro atoms. The van der Waals surface area contributed by atoms with Gasteiger partial charge in [-0.25, -0.2) is 4.39 Å². The lowest BCUT2D eigenvalue weighted by atomic mass is 10.0. The number of anilines is 1. The van der Waals surface area contributed by atoms with E-state index in [0.717, 1.165) is 25.8 Å². The van der Waals surface area contributed by atoms with Crippen LogP contribution in [0, 0.1) is 22.6 Å². The Kier molecular flexibility index (Phi) is 3.30. The Labute approximate surface area is 99.9 Å². The van der Waals surface area contributed by atoms with Gasteiger partial charge in [-0.1, -0.05) is 0 Å². The Morgan fingerprint density at radius 3 is 2.82 bits per heavy atom. The second-order valence-electron chi connectivity index (χ2n) is 4.63. The summed E-state index contributed by atoms with van der Waals surface area (Å²) in [6, 6.07) is 6.13. The van der Waals surface area contributed by atoms with Gasteiger partial charge in [0.1, 0.15) is 11.9 Å². The number of nitriles is 1. The average Bonchev–Trinajstić information content (AvgIpc) is 3.08. The fourth-order valence-electron chi connectivity index (χ4n) is 1.97. The topological polar surface area (TPSA) is 56.0 Å². The van der Waals surface area contributed by atoms with Crippen LogP contribution < -0.4 is 5.32 Å². The van der Waals surface area contributed by atoms with Crippen molar-refractivity contribution >= 4 is 5.69 Å². The number of aliphatic hydroxyl groups excluding tert-OH is 1. The van der Waals surface area contributed by atoms with Crippen molar-refractivity contribution in [2.75, 3.05) is 18.5 Å². The molecule has 0 saturated heterocycles. The molecule has 1 aliphatic carbocycles. The number of benzene rings is 1. The van der Waals surface area contributed by atoms with Crippen LogP contribution in [0.3, 0.4) is 0 Å². The highest BCUT2D eigenvalue weighted by molar-refractivity contribution is 5.57. The van der Waals surface area contributed by atoms with Gasteiger partial charge in [0.25, 0.3) is 0 Å². The first-order chi connectivity index (χ1) is 8.19. The highest BCUT2D eigenvalue weighted by atomic mass is 19.1. The molecule has 0 unspecified atom stereocenters. The van der Waals surface area contributed by atoms with Crippen LogP contribution in [-0.2, 0) is 0 Å². The standard InChI is InChI=1S/C13H15FN2O/c14-11-1-2-12(10(7-11)8-15)16-9-13(3-4-13)5-6-17/h1-2,7,16-17H,3-6,9H2. The highest BCUT2D eigenvalue weighted by Crippen LogP contribution is 2.48. The third-order valence-corrected chi connectivity index (χ3v) is 3.36. The zero-order valence-corrected chi connectivity index (χ0v) is 9.54. The van der Waals surface area contributed by atoms with E-state index >= 15 is 0 Å². The molecule has 1 aliphatic rings. The molecule has 90 valence electrons. The van der Waals surface area contributed by atoms with Gasteiger partial charge in [-0.15, -0.1) is 0 Å². The molecule has 17 heavy (non-hydrogen) atoms.